The highest BCUT2D eigenvalue weighted by Crippen LogP contribution is 2.51. The number of hydrogen-bond acceptors (Lipinski definition) is 8. The van der Waals surface area contributed by atoms with Gasteiger partial charge in [-0.25, -0.2) is 0 Å². The van der Waals surface area contributed by atoms with E-state index in [0.29, 0.717) is 5.69 Å². The van der Waals surface area contributed by atoms with Crippen LogP contribution in [0.25, 0.3) is 0 Å². The van der Waals surface area contributed by atoms with Gasteiger partial charge in [-0.1, -0.05) is 27.3 Å². The zero-order valence-corrected chi connectivity index (χ0v) is 11.9. The van der Waals surface area contributed by atoms with Crippen LogP contribution in [-0.2, 0) is 15.6 Å². The molecule has 0 atom stereocenters. The van der Waals surface area contributed by atoms with Crippen molar-refractivity contribution in [3.8, 4) is 0 Å². The molecule has 0 bridgehead atoms. The van der Waals surface area contributed by atoms with Crippen LogP contribution in [0.2, 0.25) is 0 Å². The zero-order chi connectivity index (χ0) is 14.7. The summed E-state index contributed by atoms with van der Waals surface area (Å²) in [5.41, 5.74) is 0.641. The third-order valence-corrected chi connectivity index (χ3v) is 5.87. The average Bonchev–Trinajstić information content (AvgIpc) is 2.25. The third kappa shape index (κ3) is 5.07. The quantitative estimate of drug-likeness (QED) is 0.390. The fourth-order valence-electron chi connectivity index (χ4n) is 1.37. The second-order valence-corrected chi connectivity index (χ2v) is 7.63. The second-order valence-electron chi connectivity index (χ2n) is 3.63. The Labute approximate surface area is 114 Å². The van der Waals surface area contributed by atoms with Gasteiger partial charge in [-0.05, 0) is 36.3 Å². The summed E-state index contributed by atoms with van der Waals surface area (Å²) in [6.07, 6.45) is -0.684. The molecule has 0 unspecified atom stereocenters. The molecule has 104 valence electrons. The van der Waals surface area contributed by atoms with E-state index in [9.17, 15) is 28.7 Å². The molecule has 1 aromatic rings. The van der Waals surface area contributed by atoms with Gasteiger partial charge >= 0.3 is 0 Å². The molecule has 0 saturated heterocycles. The maximum absolute atomic E-state index is 10.8. The first-order chi connectivity index (χ1) is 8.64. The summed E-state index contributed by atoms with van der Waals surface area (Å²) >= 11 is 4.38. The fourth-order valence-corrected chi connectivity index (χ4v) is 3.73. The summed E-state index contributed by atoms with van der Waals surface area (Å²) in [6, 6.07) is 5.55. The van der Waals surface area contributed by atoms with E-state index in [1.54, 1.807) is 0 Å². The van der Waals surface area contributed by atoms with Crippen LogP contribution < -0.4 is 19.6 Å². The van der Waals surface area contributed by atoms with Crippen LogP contribution in [0.3, 0.4) is 0 Å². The first kappa shape index (κ1) is 16.4. The van der Waals surface area contributed by atoms with Gasteiger partial charge in [0.15, 0.2) is 0 Å². The molecule has 0 amide bonds. The maximum atomic E-state index is 10.8. The van der Waals surface area contributed by atoms with Crippen molar-refractivity contribution in [3.63, 3.8) is 0 Å². The van der Waals surface area contributed by atoms with E-state index in [1.807, 2.05) is 0 Å². The lowest BCUT2D eigenvalue weighted by Crippen LogP contribution is -2.35. The Hall–Kier alpha value is -0.680. The van der Waals surface area contributed by atoms with Crippen LogP contribution in [0.4, 0.5) is 5.69 Å². The summed E-state index contributed by atoms with van der Waals surface area (Å²) in [6.45, 7) is 0. The molecule has 0 radical (unpaired) electrons. The highest BCUT2D eigenvalue weighted by molar-refractivity contribution is 7.78. The highest BCUT2D eigenvalue weighted by Gasteiger charge is 2.17. The number of thiocarbonyl (C=S) groups is 1. The summed E-state index contributed by atoms with van der Waals surface area (Å²) in [5.74, 6) is 0. The molecule has 0 aliphatic carbocycles. The molecular weight excluding hydrogens is 312 g/mol. The number of hydrogen-bond donors (Lipinski definition) is 0. The summed E-state index contributed by atoms with van der Waals surface area (Å²) < 4.78 is 21.6. The van der Waals surface area contributed by atoms with Gasteiger partial charge in [-0.15, -0.1) is 0 Å². The van der Waals surface area contributed by atoms with Crippen LogP contribution in [-0.4, -0.2) is 10.6 Å². The summed E-state index contributed by atoms with van der Waals surface area (Å²) in [7, 11) is -11.1. The Kier molecular flexibility index (Phi) is 5.33. The van der Waals surface area contributed by atoms with Crippen molar-refractivity contribution in [1.29, 1.82) is 0 Å². The van der Waals surface area contributed by atoms with Gasteiger partial charge in [-0.2, -0.15) is 4.99 Å². The van der Waals surface area contributed by atoms with E-state index in [4.69, 9.17) is 0 Å². The van der Waals surface area contributed by atoms with Crippen LogP contribution >= 0.6 is 27.4 Å². The molecule has 0 aliphatic heterocycles. The molecule has 1 rings (SSSR count). The number of aliphatic imine (C=N–C) groups is 1. The van der Waals surface area contributed by atoms with Gasteiger partial charge in [0, 0.05) is 5.40 Å². The number of rotatable bonds is 5. The van der Waals surface area contributed by atoms with Gasteiger partial charge in [0.2, 0.25) is 0 Å². The Morgan fingerprint density at radius 2 is 1.58 bits per heavy atom. The lowest BCUT2D eigenvalue weighted by Gasteiger charge is -2.49. The second kappa shape index (κ2) is 6.18. The predicted octanol–water partition coefficient (Wildman–Crippen LogP) is -0.883. The van der Waals surface area contributed by atoms with Crippen molar-refractivity contribution in [1.82, 2.24) is 0 Å². The van der Waals surface area contributed by atoms with Crippen molar-refractivity contribution >= 4 is 38.3 Å². The van der Waals surface area contributed by atoms with E-state index < -0.39 is 27.0 Å². The van der Waals surface area contributed by atoms with Gasteiger partial charge in [0.1, 0.15) is 0 Å². The molecule has 0 fully saturated rings. The highest BCUT2D eigenvalue weighted by atomic mass is 32.1. The van der Waals surface area contributed by atoms with Gasteiger partial charge in [-0.3, -0.25) is 0 Å². The van der Waals surface area contributed by atoms with E-state index in [0.717, 1.165) is 0 Å². The molecule has 19 heavy (non-hydrogen) atoms. The maximum Gasteiger partial charge on any atom is 0.0739 e. The minimum absolute atomic E-state index is 0.215. The van der Waals surface area contributed by atoms with Crippen molar-refractivity contribution < 1.29 is 28.7 Å². The molecular formula is C9H7NO6P2S-4. The molecule has 0 aliphatic rings. The monoisotopic (exact) mass is 319 g/mol. The average molecular weight is 319 g/mol. The molecule has 7 nitrogen and oxygen atoms in total. The topological polar surface area (TPSA) is 139 Å². The van der Waals surface area contributed by atoms with Crippen LogP contribution in [0.15, 0.2) is 29.3 Å². The van der Waals surface area contributed by atoms with Crippen LogP contribution in [0.5, 0.6) is 0 Å². The lowest BCUT2D eigenvalue weighted by atomic mass is 10.1. The number of benzene rings is 1. The Bertz CT molecular complexity index is 563. The first-order valence-electron chi connectivity index (χ1n) is 4.85. The van der Waals surface area contributed by atoms with Crippen molar-refractivity contribution in [2.24, 2.45) is 4.99 Å². The van der Waals surface area contributed by atoms with Crippen LogP contribution in [0, 0.1) is 0 Å². The van der Waals surface area contributed by atoms with E-state index >= 15 is 0 Å². The first-order valence-corrected chi connectivity index (χ1v) is 8.48. The molecule has 0 heterocycles. The largest absolute Gasteiger partial charge is 0.810 e. The molecule has 10 heteroatoms. The predicted molar refractivity (Wildman–Crippen MR) is 63.8 cm³/mol. The normalized spacial score (nSPS) is 12.3. The SMILES string of the molecule is O=P([O-])([O-])C(Cc1ccc(N=C=S)cc1)P(=O)([O-])[O-]. The minimum atomic E-state index is -5.53. The summed E-state index contributed by atoms with van der Waals surface area (Å²) in [4.78, 5) is 46.9. The van der Waals surface area contributed by atoms with Crippen molar-refractivity contribution in [2.45, 2.75) is 11.8 Å². The molecule has 0 N–H and O–H groups in total. The summed E-state index contributed by atoms with van der Waals surface area (Å²) in [5, 5.41) is -0.374. The Morgan fingerprint density at radius 3 is 1.95 bits per heavy atom. The van der Waals surface area contributed by atoms with Gasteiger partial charge < -0.3 is 28.7 Å². The van der Waals surface area contributed by atoms with Crippen molar-refractivity contribution in [3.05, 3.63) is 29.8 Å². The number of nitrogens with zero attached hydrogens (tertiary/aromatic N) is 1. The standard InChI is InChI=1S/C9H11NO6P2S/c11-17(12,13)9(18(14,15)16)5-7-1-3-8(4-2-7)10-6-19/h1-4,9H,5H2,(H2,11,12,13)(H2,14,15,16)/p-4. The van der Waals surface area contributed by atoms with E-state index in [2.05, 4.69) is 22.4 Å². The molecule has 0 spiro atoms. The van der Waals surface area contributed by atoms with E-state index in [-0.39, 0.29) is 5.56 Å². The number of isothiocyanates is 1. The third-order valence-electron chi connectivity index (χ3n) is 2.26. The minimum Gasteiger partial charge on any atom is -0.810 e. The lowest BCUT2D eigenvalue weighted by molar-refractivity contribution is -0.329. The van der Waals surface area contributed by atoms with Gasteiger partial charge in [0.25, 0.3) is 0 Å². The van der Waals surface area contributed by atoms with Gasteiger partial charge in [0.05, 0.1) is 10.8 Å². The van der Waals surface area contributed by atoms with Crippen molar-refractivity contribution in [2.75, 3.05) is 0 Å². The van der Waals surface area contributed by atoms with Crippen LogP contribution in [0.1, 0.15) is 5.56 Å². The smallest absolute Gasteiger partial charge is 0.0739 e. The molecule has 1 aromatic carbocycles. The molecule has 0 aromatic heterocycles. The molecule has 0 saturated carbocycles. The Balaban J connectivity index is 3.01. The zero-order valence-electron chi connectivity index (χ0n) is 9.29. The Morgan fingerprint density at radius 1 is 1.11 bits per heavy atom. The fraction of sp³-hybridized carbons (Fsp3) is 0.222. The van der Waals surface area contributed by atoms with E-state index in [1.165, 1.54) is 24.3 Å².